The molecule has 0 spiro atoms. The monoisotopic (exact) mass is 552 g/mol. The topological polar surface area (TPSA) is 38.4 Å². The SMILES string of the molecule is C=CCN=C/C(=C(\CC)c1ccc(C)cc1)c1ccc(SCC)cc1.C=Cc1ccc(C(F)(F)F)cc1.CN. The Morgan fingerprint density at radius 3 is 1.90 bits per heavy atom. The fraction of sp³-hybridized carbons (Fsp3) is 0.242. The van der Waals surface area contributed by atoms with Gasteiger partial charge in [0.25, 0.3) is 0 Å². The molecule has 6 heteroatoms. The predicted octanol–water partition coefficient (Wildman–Crippen LogP) is 9.61. The molecular formula is C33H39F3N2S. The van der Waals surface area contributed by atoms with E-state index in [-0.39, 0.29) is 0 Å². The van der Waals surface area contributed by atoms with Crippen LogP contribution in [0.2, 0.25) is 0 Å². The van der Waals surface area contributed by atoms with Crippen LogP contribution in [0.3, 0.4) is 0 Å². The van der Waals surface area contributed by atoms with E-state index in [4.69, 9.17) is 0 Å². The lowest BCUT2D eigenvalue weighted by Crippen LogP contribution is -2.03. The average Bonchev–Trinajstić information content (AvgIpc) is 2.95. The summed E-state index contributed by atoms with van der Waals surface area (Å²) in [6.45, 7) is 14.3. The van der Waals surface area contributed by atoms with Crippen molar-refractivity contribution in [2.45, 2.75) is 38.3 Å². The zero-order valence-electron chi connectivity index (χ0n) is 23.3. The first-order valence-corrected chi connectivity index (χ1v) is 13.7. The molecule has 3 aromatic rings. The average molecular weight is 553 g/mol. The minimum absolute atomic E-state index is 0.631. The second-order valence-electron chi connectivity index (χ2n) is 8.18. The molecule has 0 aromatic heterocycles. The van der Waals surface area contributed by atoms with E-state index in [1.165, 1.54) is 58.0 Å². The lowest BCUT2D eigenvalue weighted by molar-refractivity contribution is -0.137. The first kappa shape index (κ1) is 33.7. The van der Waals surface area contributed by atoms with Crippen molar-refractivity contribution in [3.8, 4) is 0 Å². The molecule has 0 bridgehead atoms. The Morgan fingerprint density at radius 2 is 1.44 bits per heavy atom. The van der Waals surface area contributed by atoms with Crippen molar-refractivity contribution in [1.29, 1.82) is 0 Å². The summed E-state index contributed by atoms with van der Waals surface area (Å²) in [5.74, 6) is 1.09. The Kier molecular flexibility index (Phi) is 15.6. The van der Waals surface area contributed by atoms with Crippen molar-refractivity contribution in [2.24, 2.45) is 10.7 Å². The Labute approximate surface area is 236 Å². The zero-order valence-corrected chi connectivity index (χ0v) is 24.1. The van der Waals surface area contributed by atoms with Gasteiger partial charge in [0.1, 0.15) is 0 Å². The molecule has 0 saturated heterocycles. The van der Waals surface area contributed by atoms with E-state index in [1.54, 1.807) is 0 Å². The number of aliphatic imine (C=N–C) groups is 1. The van der Waals surface area contributed by atoms with Crippen LogP contribution in [-0.2, 0) is 6.18 Å². The smallest absolute Gasteiger partial charge is 0.333 e. The number of alkyl halides is 3. The van der Waals surface area contributed by atoms with Crippen LogP contribution < -0.4 is 5.73 Å². The van der Waals surface area contributed by atoms with Gasteiger partial charge in [0.2, 0.25) is 0 Å². The van der Waals surface area contributed by atoms with Crippen molar-refractivity contribution in [1.82, 2.24) is 0 Å². The van der Waals surface area contributed by atoms with E-state index < -0.39 is 11.7 Å². The highest BCUT2D eigenvalue weighted by Crippen LogP contribution is 2.30. The van der Waals surface area contributed by atoms with Gasteiger partial charge in [0.15, 0.2) is 0 Å². The number of thioether (sulfide) groups is 1. The highest BCUT2D eigenvalue weighted by Gasteiger charge is 2.29. The number of benzene rings is 3. The van der Waals surface area contributed by atoms with E-state index in [9.17, 15) is 13.2 Å². The number of nitrogens with zero attached hydrogens (tertiary/aromatic N) is 1. The number of halogens is 3. The van der Waals surface area contributed by atoms with Gasteiger partial charge < -0.3 is 5.73 Å². The van der Waals surface area contributed by atoms with Gasteiger partial charge in [-0.1, -0.05) is 86.7 Å². The molecule has 39 heavy (non-hydrogen) atoms. The summed E-state index contributed by atoms with van der Waals surface area (Å²) < 4.78 is 36.0. The third kappa shape index (κ3) is 11.5. The van der Waals surface area contributed by atoms with Crippen LogP contribution >= 0.6 is 11.8 Å². The number of hydrogen-bond acceptors (Lipinski definition) is 3. The summed E-state index contributed by atoms with van der Waals surface area (Å²) in [6.07, 6.45) is 2.04. The van der Waals surface area contributed by atoms with Gasteiger partial charge in [0, 0.05) is 16.7 Å². The maximum absolute atomic E-state index is 12.0. The van der Waals surface area contributed by atoms with Gasteiger partial charge in [-0.2, -0.15) is 13.2 Å². The van der Waals surface area contributed by atoms with Crippen LogP contribution in [0.25, 0.3) is 17.2 Å². The van der Waals surface area contributed by atoms with Crippen LogP contribution in [0.5, 0.6) is 0 Å². The van der Waals surface area contributed by atoms with E-state index >= 15 is 0 Å². The van der Waals surface area contributed by atoms with Crippen LogP contribution in [-0.4, -0.2) is 25.6 Å². The molecule has 0 fully saturated rings. The molecule has 0 aliphatic carbocycles. The normalized spacial score (nSPS) is 11.5. The standard InChI is InChI=1S/C23H27NS.C9H7F3.CH5N/c1-5-16-24-17-23(20-12-14-21(15-13-20)25-7-3)22(6-2)19-10-8-18(4)9-11-19;1-2-7-3-5-8(6-4-7)9(10,11)12;1-2/h5,8-15,17H,1,6-7,16H2,2-4H3;2-6H,1H2;2H2,1H3/b23-22-,24-17?;;. The molecule has 0 amide bonds. The second kappa shape index (κ2) is 18.0. The fourth-order valence-corrected chi connectivity index (χ4v) is 4.22. The highest BCUT2D eigenvalue weighted by atomic mass is 32.2. The quantitative estimate of drug-likeness (QED) is 0.124. The molecule has 3 rings (SSSR count). The van der Waals surface area contributed by atoms with Crippen molar-refractivity contribution in [2.75, 3.05) is 19.3 Å². The van der Waals surface area contributed by atoms with Crippen molar-refractivity contribution in [3.05, 3.63) is 120 Å². The van der Waals surface area contributed by atoms with Gasteiger partial charge in [0.05, 0.1) is 12.1 Å². The Balaban J connectivity index is 0.000000454. The van der Waals surface area contributed by atoms with Crippen LogP contribution in [0.1, 0.15) is 48.1 Å². The molecule has 0 aliphatic rings. The van der Waals surface area contributed by atoms with E-state index in [1.807, 2.05) is 24.1 Å². The third-order valence-corrected chi connectivity index (χ3v) is 6.38. The Morgan fingerprint density at radius 1 is 0.872 bits per heavy atom. The van der Waals surface area contributed by atoms with Crippen molar-refractivity contribution < 1.29 is 13.2 Å². The summed E-state index contributed by atoms with van der Waals surface area (Å²) >= 11 is 1.87. The number of aryl methyl sites for hydroxylation is 1. The van der Waals surface area contributed by atoms with E-state index in [2.05, 4.69) is 93.2 Å². The largest absolute Gasteiger partial charge is 0.416 e. The Hall–Kier alpha value is -3.35. The van der Waals surface area contributed by atoms with Crippen molar-refractivity contribution >= 4 is 35.2 Å². The lowest BCUT2D eigenvalue weighted by atomic mass is 9.93. The molecule has 2 nitrogen and oxygen atoms in total. The molecule has 2 N–H and O–H groups in total. The highest BCUT2D eigenvalue weighted by molar-refractivity contribution is 7.99. The third-order valence-electron chi connectivity index (χ3n) is 5.48. The molecule has 3 aromatic carbocycles. The molecule has 0 heterocycles. The lowest BCUT2D eigenvalue weighted by Gasteiger charge is -2.13. The summed E-state index contributed by atoms with van der Waals surface area (Å²) in [5, 5.41) is 0. The van der Waals surface area contributed by atoms with Gasteiger partial charge in [-0.3, -0.25) is 4.99 Å². The molecule has 0 saturated carbocycles. The maximum atomic E-state index is 12.0. The number of allylic oxidation sites excluding steroid dienone is 2. The molecule has 0 radical (unpaired) electrons. The Bertz CT molecular complexity index is 1190. The van der Waals surface area contributed by atoms with Gasteiger partial charge in [-0.05, 0) is 72.7 Å². The van der Waals surface area contributed by atoms with Gasteiger partial charge in [-0.25, -0.2) is 0 Å². The van der Waals surface area contributed by atoms with Crippen LogP contribution in [0, 0.1) is 6.92 Å². The van der Waals surface area contributed by atoms with E-state index in [0.29, 0.717) is 12.1 Å². The molecule has 208 valence electrons. The number of nitrogens with two attached hydrogens (primary N) is 1. The van der Waals surface area contributed by atoms with Crippen molar-refractivity contribution in [3.63, 3.8) is 0 Å². The molecular weight excluding hydrogens is 513 g/mol. The molecule has 0 aliphatic heterocycles. The maximum Gasteiger partial charge on any atom is 0.416 e. The first-order valence-electron chi connectivity index (χ1n) is 12.7. The summed E-state index contributed by atoms with van der Waals surface area (Å²) in [4.78, 5) is 5.84. The predicted molar refractivity (Wildman–Crippen MR) is 166 cm³/mol. The first-order chi connectivity index (χ1) is 18.7. The van der Waals surface area contributed by atoms with Gasteiger partial charge >= 0.3 is 6.18 Å². The molecule has 0 unspecified atom stereocenters. The van der Waals surface area contributed by atoms with Crippen LogP contribution in [0.4, 0.5) is 13.2 Å². The minimum atomic E-state index is -4.25. The van der Waals surface area contributed by atoms with E-state index in [0.717, 1.165) is 24.3 Å². The summed E-state index contributed by atoms with van der Waals surface area (Å²) in [7, 11) is 1.50. The van der Waals surface area contributed by atoms with Gasteiger partial charge in [-0.15, -0.1) is 18.3 Å². The number of hydrogen-bond donors (Lipinski definition) is 1. The van der Waals surface area contributed by atoms with Crippen LogP contribution in [0.15, 0.2) is 102 Å². The molecule has 0 atom stereocenters. The number of rotatable bonds is 9. The minimum Gasteiger partial charge on any atom is -0.333 e. The zero-order chi connectivity index (χ0) is 29.3. The fourth-order valence-electron chi connectivity index (χ4n) is 3.56. The second-order valence-corrected chi connectivity index (χ2v) is 9.51. The summed E-state index contributed by atoms with van der Waals surface area (Å²) in [5.41, 5.74) is 10.8. The summed E-state index contributed by atoms with van der Waals surface area (Å²) in [6, 6.07) is 22.4.